The molecule has 0 spiro atoms. The molecule has 2 aromatic rings. The number of anilines is 1. The van der Waals surface area contributed by atoms with Crippen LogP contribution in [0.3, 0.4) is 0 Å². The molecule has 0 saturated carbocycles. The summed E-state index contributed by atoms with van der Waals surface area (Å²) in [7, 11) is 0. The van der Waals surface area contributed by atoms with Gasteiger partial charge in [0.1, 0.15) is 0 Å². The van der Waals surface area contributed by atoms with Crippen molar-refractivity contribution in [2.45, 2.75) is 39.8 Å². The van der Waals surface area contributed by atoms with Crippen LogP contribution in [0.25, 0.3) is 0 Å². The van der Waals surface area contributed by atoms with Crippen LogP contribution in [0.15, 0.2) is 36.7 Å². The fraction of sp³-hybridized carbons (Fsp3) is 0.400. The average Bonchev–Trinajstić information content (AvgIpc) is 2.84. The van der Waals surface area contributed by atoms with E-state index in [1.165, 1.54) is 11.1 Å². The summed E-state index contributed by atoms with van der Waals surface area (Å²) >= 11 is 0. The van der Waals surface area contributed by atoms with E-state index in [0.717, 1.165) is 19.0 Å². The van der Waals surface area contributed by atoms with E-state index in [-0.39, 0.29) is 0 Å². The zero-order chi connectivity index (χ0) is 13.0. The fourth-order valence-corrected chi connectivity index (χ4v) is 1.93. The molecule has 0 aliphatic carbocycles. The summed E-state index contributed by atoms with van der Waals surface area (Å²) in [4.78, 5) is 4.30. The van der Waals surface area contributed by atoms with E-state index in [1.807, 2.05) is 12.4 Å². The summed E-state index contributed by atoms with van der Waals surface area (Å²) in [5.41, 5.74) is 2.67. The van der Waals surface area contributed by atoms with Gasteiger partial charge >= 0.3 is 0 Å². The third-order valence-electron chi connectivity index (χ3n) is 3.15. The first-order chi connectivity index (χ1) is 8.70. The highest BCUT2D eigenvalue weighted by atomic mass is 15.2. The van der Waals surface area contributed by atoms with Gasteiger partial charge in [0.15, 0.2) is 0 Å². The van der Waals surface area contributed by atoms with E-state index in [2.05, 4.69) is 59.9 Å². The van der Waals surface area contributed by atoms with Gasteiger partial charge in [-0.25, -0.2) is 4.98 Å². The highest BCUT2D eigenvalue weighted by Gasteiger charge is 2.01. The second-order valence-corrected chi connectivity index (χ2v) is 4.79. The van der Waals surface area contributed by atoms with Gasteiger partial charge < -0.3 is 9.88 Å². The number of nitrogens with zero attached hydrogens (tertiary/aromatic N) is 2. The summed E-state index contributed by atoms with van der Waals surface area (Å²) < 4.78 is 2.10. The van der Waals surface area contributed by atoms with Gasteiger partial charge in [0, 0.05) is 25.5 Å². The minimum atomic E-state index is 0.589. The lowest BCUT2D eigenvalue weighted by atomic mass is 10.0. The van der Waals surface area contributed by atoms with Crippen molar-refractivity contribution in [1.82, 2.24) is 9.55 Å². The predicted molar refractivity (Wildman–Crippen MR) is 75.8 cm³/mol. The van der Waals surface area contributed by atoms with Crippen LogP contribution in [0.4, 0.5) is 5.95 Å². The number of hydrogen-bond donors (Lipinski definition) is 1. The van der Waals surface area contributed by atoms with Crippen molar-refractivity contribution in [1.29, 1.82) is 0 Å². The number of rotatable bonds is 5. The molecule has 0 amide bonds. The topological polar surface area (TPSA) is 29.9 Å². The van der Waals surface area contributed by atoms with E-state index >= 15 is 0 Å². The molecule has 0 unspecified atom stereocenters. The molecule has 3 nitrogen and oxygen atoms in total. The highest BCUT2D eigenvalue weighted by molar-refractivity contribution is 5.31. The second-order valence-electron chi connectivity index (χ2n) is 4.79. The van der Waals surface area contributed by atoms with Crippen molar-refractivity contribution in [3.63, 3.8) is 0 Å². The smallest absolute Gasteiger partial charge is 0.203 e. The van der Waals surface area contributed by atoms with E-state index in [1.54, 1.807) is 0 Å². The van der Waals surface area contributed by atoms with E-state index in [0.29, 0.717) is 5.92 Å². The summed E-state index contributed by atoms with van der Waals surface area (Å²) in [5, 5.41) is 3.36. The predicted octanol–water partition coefficient (Wildman–Crippen LogP) is 3.64. The summed E-state index contributed by atoms with van der Waals surface area (Å²) in [6.07, 6.45) is 3.82. The van der Waals surface area contributed by atoms with Crippen molar-refractivity contribution in [2.24, 2.45) is 0 Å². The lowest BCUT2D eigenvalue weighted by Crippen LogP contribution is -2.06. The van der Waals surface area contributed by atoms with Crippen LogP contribution in [0, 0.1) is 0 Å². The molecular weight excluding hydrogens is 222 g/mol. The Labute approximate surface area is 109 Å². The van der Waals surface area contributed by atoms with Crippen LogP contribution >= 0.6 is 0 Å². The Kier molecular flexibility index (Phi) is 4.03. The van der Waals surface area contributed by atoms with Gasteiger partial charge in [-0.15, -0.1) is 0 Å². The van der Waals surface area contributed by atoms with E-state index < -0.39 is 0 Å². The Morgan fingerprint density at radius 3 is 2.56 bits per heavy atom. The fourth-order valence-electron chi connectivity index (χ4n) is 1.93. The Balaban J connectivity index is 1.98. The Morgan fingerprint density at radius 1 is 1.22 bits per heavy atom. The van der Waals surface area contributed by atoms with Crippen molar-refractivity contribution >= 4 is 5.95 Å². The highest BCUT2D eigenvalue weighted by Crippen LogP contribution is 2.15. The minimum absolute atomic E-state index is 0.589. The van der Waals surface area contributed by atoms with Crippen LogP contribution in [0.5, 0.6) is 0 Å². The molecule has 0 atom stereocenters. The standard InChI is InChI=1S/C15H21N3/c1-4-18-10-9-16-15(18)17-11-13-5-7-14(8-6-13)12(2)3/h5-10,12H,4,11H2,1-3H3,(H,16,17). The molecule has 1 N–H and O–H groups in total. The van der Waals surface area contributed by atoms with Crippen molar-refractivity contribution in [3.8, 4) is 0 Å². The first kappa shape index (κ1) is 12.7. The molecule has 0 aliphatic heterocycles. The largest absolute Gasteiger partial charge is 0.352 e. The van der Waals surface area contributed by atoms with Gasteiger partial charge in [-0.2, -0.15) is 0 Å². The minimum Gasteiger partial charge on any atom is -0.352 e. The van der Waals surface area contributed by atoms with Crippen molar-refractivity contribution in [3.05, 3.63) is 47.8 Å². The Bertz CT molecular complexity index is 483. The average molecular weight is 243 g/mol. The van der Waals surface area contributed by atoms with Crippen LogP contribution in [-0.2, 0) is 13.1 Å². The molecule has 1 heterocycles. The molecule has 2 rings (SSSR count). The molecule has 0 radical (unpaired) electrons. The molecule has 0 bridgehead atoms. The number of aromatic nitrogens is 2. The zero-order valence-electron chi connectivity index (χ0n) is 11.4. The molecule has 3 heteroatoms. The van der Waals surface area contributed by atoms with Gasteiger partial charge in [-0.1, -0.05) is 38.1 Å². The number of benzene rings is 1. The molecule has 0 fully saturated rings. The van der Waals surface area contributed by atoms with Gasteiger partial charge in [-0.3, -0.25) is 0 Å². The summed E-state index contributed by atoms with van der Waals surface area (Å²) in [6.45, 7) is 8.30. The monoisotopic (exact) mass is 243 g/mol. The normalized spacial score (nSPS) is 10.9. The molecule has 96 valence electrons. The van der Waals surface area contributed by atoms with Gasteiger partial charge in [0.05, 0.1) is 0 Å². The molecule has 1 aromatic heterocycles. The zero-order valence-corrected chi connectivity index (χ0v) is 11.4. The van der Waals surface area contributed by atoms with Crippen LogP contribution in [-0.4, -0.2) is 9.55 Å². The summed E-state index contributed by atoms with van der Waals surface area (Å²) in [5.74, 6) is 1.52. The maximum atomic E-state index is 4.30. The van der Waals surface area contributed by atoms with Gasteiger partial charge in [0.25, 0.3) is 0 Å². The third kappa shape index (κ3) is 2.92. The van der Waals surface area contributed by atoms with Crippen LogP contribution in [0.2, 0.25) is 0 Å². The van der Waals surface area contributed by atoms with E-state index in [4.69, 9.17) is 0 Å². The van der Waals surface area contributed by atoms with Gasteiger partial charge in [0.2, 0.25) is 5.95 Å². The molecular formula is C15H21N3. The van der Waals surface area contributed by atoms with E-state index in [9.17, 15) is 0 Å². The second kappa shape index (κ2) is 5.71. The maximum Gasteiger partial charge on any atom is 0.203 e. The summed E-state index contributed by atoms with van der Waals surface area (Å²) in [6, 6.07) is 8.77. The number of imidazole rings is 1. The molecule has 18 heavy (non-hydrogen) atoms. The van der Waals surface area contributed by atoms with Crippen LogP contribution in [0.1, 0.15) is 37.8 Å². The van der Waals surface area contributed by atoms with Crippen LogP contribution < -0.4 is 5.32 Å². The Morgan fingerprint density at radius 2 is 1.94 bits per heavy atom. The van der Waals surface area contributed by atoms with Crippen molar-refractivity contribution < 1.29 is 0 Å². The molecule has 0 saturated heterocycles. The lowest BCUT2D eigenvalue weighted by Gasteiger charge is -2.09. The number of nitrogens with one attached hydrogen (secondary N) is 1. The number of aryl methyl sites for hydroxylation is 1. The maximum absolute atomic E-state index is 4.30. The molecule has 0 aliphatic rings. The third-order valence-corrected chi connectivity index (χ3v) is 3.15. The SMILES string of the molecule is CCn1ccnc1NCc1ccc(C(C)C)cc1. The lowest BCUT2D eigenvalue weighted by molar-refractivity contribution is 0.763. The van der Waals surface area contributed by atoms with Gasteiger partial charge in [-0.05, 0) is 24.0 Å². The number of hydrogen-bond acceptors (Lipinski definition) is 2. The first-order valence-electron chi connectivity index (χ1n) is 6.54. The quantitative estimate of drug-likeness (QED) is 0.869. The Hall–Kier alpha value is -1.77. The first-order valence-corrected chi connectivity index (χ1v) is 6.54. The molecule has 1 aromatic carbocycles. The van der Waals surface area contributed by atoms with Crippen molar-refractivity contribution in [2.75, 3.05) is 5.32 Å².